The zero-order valence-electron chi connectivity index (χ0n) is 12.1. The molecule has 1 amide bonds. The second-order valence-electron chi connectivity index (χ2n) is 4.77. The van der Waals surface area contributed by atoms with E-state index in [4.69, 9.17) is 5.84 Å². The van der Waals surface area contributed by atoms with Gasteiger partial charge in [-0.15, -0.1) is 0 Å². The predicted octanol–water partition coefficient (Wildman–Crippen LogP) is 0.0631. The van der Waals surface area contributed by atoms with E-state index in [0.29, 0.717) is 0 Å². The van der Waals surface area contributed by atoms with Crippen LogP contribution in [-0.4, -0.2) is 23.9 Å². The fourth-order valence-corrected chi connectivity index (χ4v) is 3.30. The van der Waals surface area contributed by atoms with Crippen molar-refractivity contribution in [1.82, 2.24) is 19.7 Å². The second-order valence-corrected chi connectivity index (χ2v) is 6.48. The molecule has 0 aromatic carbocycles. The van der Waals surface area contributed by atoms with Crippen LogP contribution in [0.25, 0.3) is 0 Å². The molecule has 0 saturated heterocycles. The Morgan fingerprint density at radius 1 is 1.36 bits per heavy atom. The minimum absolute atomic E-state index is 0.00509. The molecule has 8 nitrogen and oxygen atoms in total. The van der Waals surface area contributed by atoms with Gasteiger partial charge in [0, 0.05) is 31.7 Å². The molecule has 0 spiro atoms. The van der Waals surface area contributed by atoms with Gasteiger partial charge in [-0.2, -0.15) is 0 Å². The number of carbonyl (C=O) groups is 1. The van der Waals surface area contributed by atoms with E-state index in [1.54, 1.807) is 38.5 Å². The lowest BCUT2D eigenvalue weighted by Crippen LogP contribution is -2.31. The van der Waals surface area contributed by atoms with Crippen molar-refractivity contribution in [1.29, 1.82) is 0 Å². The van der Waals surface area contributed by atoms with Crippen LogP contribution in [0.3, 0.4) is 0 Å². The fourth-order valence-electron chi connectivity index (χ4n) is 2.00. The summed E-state index contributed by atoms with van der Waals surface area (Å²) >= 11 is 0. The van der Waals surface area contributed by atoms with E-state index >= 15 is 0 Å². The highest BCUT2D eigenvalue weighted by Gasteiger charge is 2.22. The van der Waals surface area contributed by atoms with Crippen LogP contribution in [0.1, 0.15) is 29.0 Å². The number of nitrogen functional groups attached to an aromatic ring is 1. The molecule has 2 rings (SSSR count). The number of rotatable bonds is 5. The van der Waals surface area contributed by atoms with Crippen LogP contribution in [0.5, 0.6) is 0 Å². The topological polar surface area (TPSA) is 119 Å². The number of nitrogens with one attached hydrogen (secondary N) is 2. The number of aryl methyl sites for hydroxylation is 1. The number of carbonyl (C=O) groups excluding carboxylic acids is 1. The number of amides is 1. The van der Waals surface area contributed by atoms with Crippen LogP contribution in [0, 0.1) is 0 Å². The molecule has 2 heterocycles. The van der Waals surface area contributed by atoms with Gasteiger partial charge in [-0.25, -0.2) is 19.0 Å². The van der Waals surface area contributed by atoms with Gasteiger partial charge in [-0.05, 0) is 30.7 Å². The summed E-state index contributed by atoms with van der Waals surface area (Å²) in [7, 11) is -2.20. The van der Waals surface area contributed by atoms with Gasteiger partial charge in [0.25, 0.3) is 5.91 Å². The molecule has 0 radical (unpaired) electrons. The lowest BCUT2D eigenvalue weighted by molar-refractivity contribution is 0.0945. The number of hydrazine groups is 1. The van der Waals surface area contributed by atoms with E-state index in [-0.39, 0.29) is 10.6 Å². The van der Waals surface area contributed by atoms with E-state index in [9.17, 15) is 13.2 Å². The number of hydrogen-bond acceptors (Lipinski definition) is 5. The Morgan fingerprint density at radius 3 is 2.59 bits per heavy atom. The molecule has 2 aromatic heterocycles. The molecule has 118 valence electrons. The van der Waals surface area contributed by atoms with Gasteiger partial charge in [0.05, 0.1) is 0 Å². The third kappa shape index (κ3) is 3.32. The van der Waals surface area contributed by atoms with Gasteiger partial charge >= 0.3 is 0 Å². The summed E-state index contributed by atoms with van der Waals surface area (Å²) in [5.74, 6) is 4.50. The maximum atomic E-state index is 12.4. The van der Waals surface area contributed by atoms with Crippen molar-refractivity contribution >= 4 is 15.9 Å². The van der Waals surface area contributed by atoms with Gasteiger partial charge in [0.15, 0.2) is 0 Å². The highest BCUT2D eigenvalue weighted by Crippen LogP contribution is 2.18. The second kappa shape index (κ2) is 6.26. The normalized spacial score (nSPS) is 12.9. The molecule has 1 unspecified atom stereocenters. The Labute approximate surface area is 128 Å². The third-order valence-electron chi connectivity index (χ3n) is 3.19. The SMILES string of the molecule is CC(NS(=O)(=O)c1cc(C(=O)NN)n(C)c1)c1ccncc1. The molecule has 0 aliphatic carbocycles. The Morgan fingerprint density at radius 2 is 2.00 bits per heavy atom. The summed E-state index contributed by atoms with van der Waals surface area (Å²) < 4.78 is 28.7. The van der Waals surface area contributed by atoms with E-state index in [1.165, 1.54) is 16.8 Å². The summed E-state index contributed by atoms with van der Waals surface area (Å²) in [6, 6.07) is 4.29. The first kappa shape index (κ1) is 16.1. The first-order chi connectivity index (χ1) is 10.3. The Kier molecular flexibility index (Phi) is 4.59. The number of hydrogen-bond donors (Lipinski definition) is 3. The number of aromatic nitrogens is 2. The van der Waals surface area contributed by atoms with Crippen molar-refractivity contribution in [2.45, 2.75) is 17.9 Å². The molecule has 9 heteroatoms. The lowest BCUT2D eigenvalue weighted by atomic mass is 10.1. The summed E-state index contributed by atoms with van der Waals surface area (Å²) in [5, 5.41) is 0. The molecule has 0 saturated carbocycles. The monoisotopic (exact) mass is 323 g/mol. The predicted molar refractivity (Wildman–Crippen MR) is 80.0 cm³/mol. The zero-order valence-corrected chi connectivity index (χ0v) is 13.0. The highest BCUT2D eigenvalue weighted by molar-refractivity contribution is 7.89. The molecule has 1 atom stereocenters. The molecule has 22 heavy (non-hydrogen) atoms. The number of nitrogens with two attached hydrogens (primary N) is 1. The zero-order chi connectivity index (χ0) is 16.3. The molecular weight excluding hydrogens is 306 g/mol. The smallest absolute Gasteiger partial charge is 0.281 e. The minimum Gasteiger partial charge on any atom is -0.345 e. The van der Waals surface area contributed by atoms with E-state index in [2.05, 4.69) is 9.71 Å². The van der Waals surface area contributed by atoms with Crippen molar-refractivity contribution in [2.75, 3.05) is 0 Å². The van der Waals surface area contributed by atoms with E-state index in [0.717, 1.165) is 5.56 Å². The van der Waals surface area contributed by atoms with Crippen LogP contribution >= 0.6 is 0 Å². The molecule has 0 bridgehead atoms. The Balaban J connectivity index is 2.26. The molecule has 0 aliphatic heterocycles. The summed E-state index contributed by atoms with van der Waals surface area (Å²) in [4.78, 5) is 15.4. The summed E-state index contributed by atoms with van der Waals surface area (Å²) in [5.41, 5.74) is 2.91. The number of pyridine rings is 1. The highest BCUT2D eigenvalue weighted by atomic mass is 32.2. The number of nitrogens with zero attached hydrogens (tertiary/aromatic N) is 2. The molecule has 0 fully saturated rings. The first-order valence-electron chi connectivity index (χ1n) is 6.44. The maximum absolute atomic E-state index is 12.4. The van der Waals surface area contributed by atoms with Crippen LogP contribution in [0.4, 0.5) is 0 Å². The Hall–Kier alpha value is -2.23. The molecule has 2 aromatic rings. The van der Waals surface area contributed by atoms with Gasteiger partial charge < -0.3 is 4.57 Å². The average molecular weight is 323 g/mol. The lowest BCUT2D eigenvalue weighted by Gasteiger charge is -2.13. The van der Waals surface area contributed by atoms with Crippen molar-refractivity contribution in [3.8, 4) is 0 Å². The van der Waals surface area contributed by atoms with Gasteiger partial charge in [-0.1, -0.05) is 0 Å². The van der Waals surface area contributed by atoms with Crippen LogP contribution in [-0.2, 0) is 17.1 Å². The largest absolute Gasteiger partial charge is 0.345 e. The van der Waals surface area contributed by atoms with Gasteiger partial charge in [0.1, 0.15) is 10.6 Å². The average Bonchev–Trinajstić information content (AvgIpc) is 2.90. The third-order valence-corrected chi connectivity index (χ3v) is 4.70. The summed E-state index contributed by atoms with van der Waals surface area (Å²) in [6.07, 6.45) is 4.53. The maximum Gasteiger partial charge on any atom is 0.281 e. The van der Waals surface area contributed by atoms with Crippen molar-refractivity contribution < 1.29 is 13.2 Å². The standard InChI is InChI=1S/C13H17N5O3S/c1-9(10-3-5-15-6-4-10)17-22(20,21)11-7-12(13(19)16-14)18(2)8-11/h3-9,17H,14H2,1-2H3,(H,16,19). The van der Waals surface area contributed by atoms with Crippen LogP contribution < -0.4 is 16.0 Å². The fraction of sp³-hybridized carbons (Fsp3) is 0.231. The molecular formula is C13H17N5O3S. The van der Waals surface area contributed by atoms with E-state index in [1.807, 2.05) is 5.43 Å². The van der Waals surface area contributed by atoms with Crippen LogP contribution in [0.15, 0.2) is 41.7 Å². The quantitative estimate of drug-likeness (QED) is 0.408. The number of sulfonamides is 1. The first-order valence-corrected chi connectivity index (χ1v) is 7.93. The van der Waals surface area contributed by atoms with Crippen molar-refractivity contribution in [3.05, 3.63) is 48.0 Å². The van der Waals surface area contributed by atoms with Crippen molar-refractivity contribution in [3.63, 3.8) is 0 Å². The molecule has 0 aliphatic rings. The van der Waals surface area contributed by atoms with Gasteiger partial charge in [0.2, 0.25) is 10.0 Å². The van der Waals surface area contributed by atoms with Crippen molar-refractivity contribution in [2.24, 2.45) is 12.9 Å². The van der Waals surface area contributed by atoms with E-state index < -0.39 is 22.0 Å². The summed E-state index contributed by atoms with van der Waals surface area (Å²) in [6.45, 7) is 1.73. The van der Waals surface area contributed by atoms with Crippen LogP contribution in [0.2, 0.25) is 0 Å². The van der Waals surface area contributed by atoms with Gasteiger partial charge in [-0.3, -0.25) is 15.2 Å². The minimum atomic E-state index is -3.76. The Bertz CT molecular complexity index is 770. The molecule has 4 N–H and O–H groups in total.